The van der Waals surface area contributed by atoms with Gasteiger partial charge in [-0.1, -0.05) is 30.3 Å². The highest BCUT2D eigenvalue weighted by molar-refractivity contribution is 6.05. The molecule has 7 nitrogen and oxygen atoms in total. The summed E-state index contributed by atoms with van der Waals surface area (Å²) in [7, 11) is 1.23. The molecule has 0 spiro atoms. The van der Waals surface area contributed by atoms with Gasteiger partial charge in [-0.2, -0.15) is 0 Å². The summed E-state index contributed by atoms with van der Waals surface area (Å²) in [5.74, 6) is -1.06. The molecule has 0 radical (unpaired) electrons. The summed E-state index contributed by atoms with van der Waals surface area (Å²) in [4.78, 5) is 39.1. The number of urea groups is 1. The second-order valence-corrected chi connectivity index (χ2v) is 4.95. The minimum absolute atomic E-state index is 0. The van der Waals surface area contributed by atoms with Crippen LogP contribution in [0.25, 0.3) is 0 Å². The normalized spacial score (nSPS) is 15.4. The molecule has 8 heteroatoms. The molecule has 1 aromatic rings. The Morgan fingerprint density at radius 3 is 2.52 bits per heavy atom. The maximum atomic E-state index is 12.4. The van der Waals surface area contributed by atoms with Gasteiger partial charge in [-0.25, -0.2) is 14.5 Å². The molecular formula is C15H20ClN3O4. The van der Waals surface area contributed by atoms with Crippen molar-refractivity contribution in [2.45, 2.75) is 12.5 Å². The molecule has 1 saturated heterocycles. The fourth-order valence-electron chi connectivity index (χ4n) is 2.41. The second kappa shape index (κ2) is 8.50. The highest BCUT2D eigenvalue weighted by Gasteiger charge is 2.44. The van der Waals surface area contributed by atoms with Crippen LogP contribution in [-0.4, -0.2) is 54.5 Å². The number of nitrogens with zero attached hydrogens (tertiary/aromatic N) is 2. The van der Waals surface area contributed by atoms with E-state index >= 15 is 0 Å². The van der Waals surface area contributed by atoms with E-state index in [-0.39, 0.29) is 19.0 Å². The number of hydrogen-bond donors (Lipinski definition) is 1. The summed E-state index contributed by atoms with van der Waals surface area (Å²) in [6, 6.07) is 7.09. The van der Waals surface area contributed by atoms with E-state index in [1.807, 2.05) is 0 Å². The fraction of sp³-hybridized carbons (Fsp3) is 0.400. The van der Waals surface area contributed by atoms with Gasteiger partial charge < -0.3 is 15.4 Å². The molecule has 1 atom stereocenters. The van der Waals surface area contributed by atoms with E-state index in [1.165, 1.54) is 12.0 Å². The van der Waals surface area contributed by atoms with Crippen LogP contribution < -0.4 is 5.73 Å². The summed E-state index contributed by atoms with van der Waals surface area (Å²) in [5, 5.41) is 0. The Labute approximate surface area is 140 Å². The van der Waals surface area contributed by atoms with Crippen LogP contribution in [0.2, 0.25) is 0 Å². The molecule has 126 valence electrons. The number of nitrogens with two attached hydrogens (primary N) is 1. The third-order valence-corrected chi connectivity index (χ3v) is 3.50. The maximum Gasteiger partial charge on any atom is 0.333 e. The van der Waals surface area contributed by atoms with Gasteiger partial charge in [-0.3, -0.25) is 4.79 Å². The first kappa shape index (κ1) is 18.9. The van der Waals surface area contributed by atoms with Gasteiger partial charge in [0.2, 0.25) is 0 Å². The summed E-state index contributed by atoms with van der Waals surface area (Å²) in [6.45, 7) is 0.774. The highest BCUT2D eigenvalue weighted by atomic mass is 35.5. The monoisotopic (exact) mass is 341 g/mol. The number of methoxy groups -OCH3 is 1. The van der Waals surface area contributed by atoms with Crippen molar-refractivity contribution in [1.82, 2.24) is 9.80 Å². The first-order chi connectivity index (χ1) is 10.6. The van der Waals surface area contributed by atoms with Gasteiger partial charge in [0.05, 0.1) is 7.11 Å². The van der Waals surface area contributed by atoms with E-state index in [0.29, 0.717) is 25.1 Å². The Morgan fingerprint density at radius 1 is 1.30 bits per heavy atom. The minimum Gasteiger partial charge on any atom is -0.467 e. The van der Waals surface area contributed by atoms with Crippen LogP contribution in [0.5, 0.6) is 0 Å². The molecule has 0 bridgehead atoms. The molecule has 1 aromatic carbocycles. The molecule has 2 rings (SSSR count). The fourth-order valence-corrected chi connectivity index (χ4v) is 2.41. The van der Waals surface area contributed by atoms with Crippen LogP contribution in [0.15, 0.2) is 30.3 Å². The summed E-state index contributed by atoms with van der Waals surface area (Å²) >= 11 is 0. The van der Waals surface area contributed by atoms with Crippen LogP contribution in [0.4, 0.5) is 4.79 Å². The van der Waals surface area contributed by atoms with E-state index in [2.05, 4.69) is 0 Å². The Balaban J connectivity index is 0.00000264. The molecule has 1 unspecified atom stereocenters. The Kier molecular flexibility index (Phi) is 6.99. The lowest BCUT2D eigenvalue weighted by atomic mass is 10.1. The van der Waals surface area contributed by atoms with Gasteiger partial charge >= 0.3 is 12.0 Å². The molecule has 1 aliphatic rings. The van der Waals surface area contributed by atoms with Crippen molar-refractivity contribution in [3.05, 3.63) is 35.9 Å². The number of benzene rings is 1. The molecule has 0 saturated carbocycles. The lowest BCUT2D eigenvalue weighted by Crippen LogP contribution is -2.40. The quantitative estimate of drug-likeness (QED) is 0.614. The number of carbonyl (C=O) groups is 3. The first-order valence-corrected chi connectivity index (χ1v) is 7.04. The number of amides is 3. The van der Waals surface area contributed by atoms with Gasteiger partial charge in [0.1, 0.15) is 6.54 Å². The van der Waals surface area contributed by atoms with E-state index in [4.69, 9.17) is 10.5 Å². The van der Waals surface area contributed by atoms with Crippen molar-refractivity contribution in [2.75, 3.05) is 26.7 Å². The van der Waals surface area contributed by atoms with Crippen LogP contribution in [0, 0.1) is 0 Å². The minimum atomic E-state index is -1.06. The number of carbonyl (C=O) groups excluding carboxylic acids is 3. The van der Waals surface area contributed by atoms with Gasteiger partial charge in [0, 0.05) is 6.54 Å². The number of halogens is 1. The predicted molar refractivity (Wildman–Crippen MR) is 85.9 cm³/mol. The molecule has 23 heavy (non-hydrogen) atoms. The van der Waals surface area contributed by atoms with Crippen molar-refractivity contribution in [3.63, 3.8) is 0 Å². The molecule has 2 N–H and O–H groups in total. The zero-order chi connectivity index (χ0) is 16.1. The Hall–Kier alpha value is -2.12. The van der Waals surface area contributed by atoms with Gasteiger partial charge in [0.15, 0.2) is 6.04 Å². The molecule has 3 amide bonds. The van der Waals surface area contributed by atoms with Crippen molar-refractivity contribution in [3.8, 4) is 0 Å². The second-order valence-electron chi connectivity index (χ2n) is 4.95. The van der Waals surface area contributed by atoms with E-state index < -0.39 is 23.9 Å². The standard InChI is InChI=1S/C15H19N3O4.ClH/c1-22-14(20)13(11-6-3-2-4-7-11)18-12(19)10-17(15(18)21)9-5-8-16;/h2-4,6-7,13H,5,8-10,16H2,1H3;1H. The smallest absolute Gasteiger partial charge is 0.333 e. The van der Waals surface area contributed by atoms with Crippen LogP contribution in [0.3, 0.4) is 0 Å². The van der Waals surface area contributed by atoms with Gasteiger partial charge in [-0.15, -0.1) is 12.4 Å². The summed E-state index contributed by atoms with van der Waals surface area (Å²) < 4.78 is 4.77. The number of ether oxygens (including phenoxy) is 1. The van der Waals surface area contributed by atoms with Crippen molar-refractivity contribution >= 4 is 30.3 Å². The predicted octanol–water partition coefficient (Wildman–Crippen LogP) is 0.935. The Morgan fingerprint density at radius 2 is 1.96 bits per heavy atom. The van der Waals surface area contributed by atoms with E-state index in [0.717, 1.165) is 4.90 Å². The average Bonchev–Trinajstić information content (AvgIpc) is 2.81. The SMILES string of the molecule is COC(=O)C(c1ccccc1)N1C(=O)CN(CCCN)C1=O.Cl. The highest BCUT2D eigenvalue weighted by Crippen LogP contribution is 2.27. The summed E-state index contributed by atoms with van der Waals surface area (Å²) in [5.41, 5.74) is 5.97. The maximum absolute atomic E-state index is 12.4. The number of rotatable bonds is 6. The zero-order valence-corrected chi connectivity index (χ0v) is 13.6. The van der Waals surface area contributed by atoms with Crippen molar-refractivity contribution in [1.29, 1.82) is 0 Å². The van der Waals surface area contributed by atoms with Crippen molar-refractivity contribution < 1.29 is 19.1 Å². The largest absolute Gasteiger partial charge is 0.467 e. The topological polar surface area (TPSA) is 92.9 Å². The van der Waals surface area contributed by atoms with Crippen molar-refractivity contribution in [2.24, 2.45) is 5.73 Å². The van der Waals surface area contributed by atoms with E-state index in [9.17, 15) is 14.4 Å². The molecule has 1 fully saturated rings. The lowest BCUT2D eigenvalue weighted by Gasteiger charge is -2.24. The first-order valence-electron chi connectivity index (χ1n) is 7.04. The zero-order valence-electron chi connectivity index (χ0n) is 12.8. The molecule has 0 aromatic heterocycles. The number of hydrogen-bond acceptors (Lipinski definition) is 5. The van der Waals surface area contributed by atoms with Crippen LogP contribution in [-0.2, 0) is 14.3 Å². The third kappa shape index (κ3) is 4.00. The molecular weight excluding hydrogens is 322 g/mol. The van der Waals surface area contributed by atoms with Crippen LogP contribution in [0.1, 0.15) is 18.0 Å². The van der Waals surface area contributed by atoms with Crippen LogP contribution >= 0.6 is 12.4 Å². The molecule has 1 aliphatic heterocycles. The molecule has 0 aliphatic carbocycles. The summed E-state index contributed by atoms with van der Waals surface area (Å²) in [6.07, 6.45) is 0.598. The molecule has 1 heterocycles. The Bertz CT molecular complexity index is 567. The third-order valence-electron chi connectivity index (χ3n) is 3.50. The van der Waals surface area contributed by atoms with Gasteiger partial charge in [-0.05, 0) is 18.5 Å². The average molecular weight is 342 g/mol. The van der Waals surface area contributed by atoms with E-state index in [1.54, 1.807) is 30.3 Å². The van der Waals surface area contributed by atoms with Gasteiger partial charge in [0.25, 0.3) is 5.91 Å². The number of imide groups is 1. The lowest BCUT2D eigenvalue weighted by molar-refractivity contribution is -0.149. The number of esters is 1.